The van der Waals surface area contributed by atoms with E-state index in [1.165, 1.54) is 0 Å². The van der Waals surface area contributed by atoms with Crippen LogP contribution in [0.25, 0.3) is 0 Å². The van der Waals surface area contributed by atoms with Crippen LogP contribution in [0.3, 0.4) is 0 Å². The van der Waals surface area contributed by atoms with Crippen LogP contribution in [-0.2, 0) is 4.79 Å². The topological polar surface area (TPSA) is 58.4 Å². The number of hydrogen-bond donors (Lipinski definition) is 2. The second-order valence-electron chi connectivity index (χ2n) is 4.90. The highest BCUT2D eigenvalue weighted by Gasteiger charge is 2.28. The van der Waals surface area contributed by atoms with Gasteiger partial charge >= 0.3 is 0 Å². The summed E-state index contributed by atoms with van der Waals surface area (Å²) in [7, 11) is 0. The van der Waals surface area contributed by atoms with Crippen molar-refractivity contribution in [2.45, 2.75) is 19.9 Å². The first kappa shape index (κ1) is 13.1. The Kier molecular flexibility index (Phi) is 3.99. The van der Waals surface area contributed by atoms with Gasteiger partial charge in [-0.05, 0) is 30.5 Å². The smallest absolute Gasteiger partial charge is 0.239 e. The summed E-state index contributed by atoms with van der Waals surface area (Å²) in [5.74, 6) is -0.255. The molecule has 1 atom stereocenters. The molecule has 1 amide bonds. The Bertz CT molecular complexity index is 418. The Hall–Kier alpha value is -1.39. The lowest BCUT2D eigenvalue weighted by molar-refractivity contribution is -0.123. The number of carbonyl (C=O) groups excluding carboxylic acids is 1. The average Bonchev–Trinajstić information content (AvgIpc) is 2.34. The number of aryl methyl sites for hydroxylation is 2. The first-order chi connectivity index (χ1) is 8.61. The summed E-state index contributed by atoms with van der Waals surface area (Å²) >= 11 is 0. The Balaban J connectivity index is 2.37. The van der Waals surface area contributed by atoms with E-state index in [9.17, 15) is 4.79 Å². The fourth-order valence-electron chi connectivity index (χ4n) is 2.70. The number of piperazine rings is 1. The van der Waals surface area contributed by atoms with Crippen molar-refractivity contribution in [3.05, 3.63) is 34.9 Å². The molecule has 1 aliphatic heterocycles. The first-order valence-electron chi connectivity index (χ1n) is 6.41. The van der Waals surface area contributed by atoms with Gasteiger partial charge in [0.05, 0.1) is 0 Å². The maximum absolute atomic E-state index is 11.9. The standard InChI is InChI=1S/C14H21N3O/c1-10-4-3-5-11(2)12(10)13(14(15)18)17-8-6-16-7-9-17/h3-5,13,16H,6-9H2,1-2H3,(H2,15,18). The molecule has 4 nitrogen and oxygen atoms in total. The van der Waals surface area contributed by atoms with Gasteiger partial charge in [0.15, 0.2) is 0 Å². The van der Waals surface area contributed by atoms with Gasteiger partial charge in [0.1, 0.15) is 6.04 Å². The predicted molar refractivity (Wildman–Crippen MR) is 72.3 cm³/mol. The molecular formula is C14H21N3O. The molecule has 0 bridgehead atoms. The minimum Gasteiger partial charge on any atom is -0.368 e. The van der Waals surface area contributed by atoms with Crippen LogP contribution in [0, 0.1) is 13.8 Å². The molecular weight excluding hydrogens is 226 g/mol. The Labute approximate surface area is 108 Å². The van der Waals surface area contributed by atoms with Crippen molar-refractivity contribution in [2.24, 2.45) is 5.73 Å². The Morgan fingerprint density at radius 3 is 2.33 bits per heavy atom. The van der Waals surface area contributed by atoms with Crippen LogP contribution in [0.2, 0.25) is 0 Å². The summed E-state index contributed by atoms with van der Waals surface area (Å²) in [6.45, 7) is 7.63. The molecule has 1 aromatic carbocycles. The third-order valence-corrected chi connectivity index (χ3v) is 3.60. The van der Waals surface area contributed by atoms with E-state index in [4.69, 9.17) is 5.73 Å². The SMILES string of the molecule is Cc1cccc(C)c1C(C(N)=O)N1CCNCC1. The van der Waals surface area contributed by atoms with Crippen molar-refractivity contribution in [1.82, 2.24) is 10.2 Å². The summed E-state index contributed by atoms with van der Waals surface area (Å²) in [5.41, 5.74) is 8.99. The van der Waals surface area contributed by atoms with E-state index in [-0.39, 0.29) is 11.9 Å². The number of nitrogens with zero attached hydrogens (tertiary/aromatic N) is 1. The van der Waals surface area contributed by atoms with Gasteiger partial charge in [0.2, 0.25) is 5.91 Å². The van der Waals surface area contributed by atoms with E-state index in [0.29, 0.717) is 0 Å². The molecule has 1 heterocycles. The van der Waals surface area contributed by atoms with Crippen LogP contribution in [0.15, 0.2) is 18.2 Å². The molecule has 0 aromatic heterocycles. The number of amides is 1. The largest absolute Gasteiger partial charge is 0.368 e. The average molecular weight is 247 g/mol. The highest BCUT2D eigenvalue weighted by molar-refractivity contribution is 5.82. The van der Waals surface area contributed by atoms with Crippen LogP contribution in [0.1, 0.15) is 22.7 Å². The van der Waals surface area contributed by atoms with Crippen molar-refractivity contribution >= 4 is 5.91 Å². The van der Waals surface area contributed by atoms with E-state index in [0.717, 1.165) is 42.9 Å². The highest BCUT2D eigenvalue weighted by Crippen LogP contribution is 2.27. The molecule has 4 heteroatoms. The molecule has 0 radical (unpaired) electrons. The minimum atomic E-state index is -0.298. The Morgan fingerprint density at radius 1 is 1.28 bits per heavy atom. The number of nitrogens with one attached hydrogen (secondary N) is 1. The van der Waals surface area contributed by atoms with Gasteiger partial charge in [-0.2, -0.15) is 0 Å². The third-order valence-electron chi connectivity index (χ3n) is 3.60. The molecule has 98 valence electrons. The van der Waals surface area contributed by atoms with Crippen LogP contribution >= 0.6 is 0 Å². The maximum Gasteiger partial charge on any atom is 0.239 e. The summed E-state index contributed by atoms with van der Waals surface area (Å²) in [6.07, 6.45) is 0. The van der Waals surface area contributed by atoms with E-state index in [1.54, 1.807) is 0 Å². The molecule has 0 saturated carbocycles. The zero-order valence-electron chi connectivity index (χ0n) is 11.1. The fraction of sp³-hybridized carbons (Fsp3) is 0.500. The molecule has 18 heavy (non-hydrogen) atoms. The number of primary amides is 1. The highest BCUT2D eigenvalue weighted by atomic mass is 16.1. The van der Waals surface area contributed by atoms with Gasteiger partial charge in [-0.1, -0.05) is 18.2 Å². The Morgan fingerprint density at radius 2 is 1.83 bits per heavy atom. The van der Waals surface area contributed by atoms with Gasteiger partial charge in [-0.25, -0.2) is 0 Å². The number of hydrogen-bond acceptors (Lipinski definition) is 3. The second kappa shape index (κ2) is 5.50. The summed E-state index contributed by atoms with van der Waals surface area (Å²) in [5, 5.41) is 3.30. The maximum atomic E-state index is 11.9. The van der Waals surface area contributed by atoms with Crippen molar-refractivity contribution in [3.63, 3.8) is 0 Å². The molecule has 1 fully saturated rings. The lowest BCUT2D eigenvalue weighted by Gasteiger charge is -2.34. The quantitative estimate of drug-likeness (QED) is 0.828. The third kappa shape index (κ3) is 2.54. The van der Waals surface area contributed by atoms with E-state index >= 15 is 0 Å². The van der Waals surface area contributed by atoms with Crippen LogP contribution in [0.4, 0.5) is 0 Å². The molecule has 1 unspecified atom stereocenters. The van der Waals surface area contributed by atoms with E-state index in [1.807, 2.05) is 32.0 Å². The molecule has 3 N–H and O–H groups in total. The number of benzene rings is 1. The molecule has 2 rings (SSSR count). The van der Waals surface area contributed by atoms with Gasteiger partial charge in [0.25, 0.3) is 0 Å². The van der Waals surface area contributed by atoms with Crippen molar-refractivity contribution in [3.8, 4) is 0 Å². The summed E-state index contributed by atoms with van der Waals surface area (Å²) in [6, 6.07) is 5.80. The zero-order valence-corrected chi connectivity index (χ0v) is 11.1. The normalized spacial score (nSPS) is 18.6. The molecule has 1 aromatic rings. The summed E-state index contributed by atoms with van der Waals surface area (Å²) in [4.78, 5) is 14.0. The summed E-state index contributed by atoms with van der Waals surface area (Å²) < 4.78 is 0. The number of rotatable bonds is 3. The van der Waals surface area contributed by atoms with Crippen molar-refractivity contribution in [2.75, 3.05) is 26.2 Å². The zero-order chi connectivity index (χ0) is 13.1. The van der Waals surface area contributed by atoms with Crippen molar-refractivity contribution < 1.29 is 4.79 Å². The van der Waals surface area contributed by atoms with Gasteiger partial charge in [0, 0.05) is 26.2 Å². The number of nitrogens with two attached hydrogens (primary N) is 1. The molecule has 1 saturated heterocycles. The molecule has 0 aliphatic carbocycles. The lowest BCUT2D eigenvalue weighted by Crippen LogP contribution is -2.48. The monoisotopic (exact) mass is 247 g/mol. The minimum absolute atomic E-state index is 0.255. The van der Waals surface area contributed by atoms with E-state index < -0.39 is 0 Å². The van der Waals surface area contributed by atoms with Crippen molar-refractivity contribution in [1.29, 1.82) is 0 Å². The second-order valence-corrected chi connectivity index (χ2v) is 4.90. The lowest BCUT2D eigenvalue weighted by atomic mass is 9.94. The predicted octanol–water partition coefficient (Wildman–Crippen LogP) is 0.735. The molecule has 1 aliphatic rings. The van der Waals surface area contributed by atoms with Gasteiger partial charge < -0.3 is 11.1 Å². The van der Waals surface area contributed by atoms with Gasteiger partial charge in [-0.15, -0.1) is 0 Å². The number of carbonyl (C=O) groups is 1. The first-order valence-corrected chi connectivity index (χ1v) is 6.41. The van der Waals surface area contributed by atoms with Gasteiger partial charge in [-0.3, -0.25) is 9.69 Å². The van der Waals surface area contributed by atoms with Crippen LogP contribution in [0.5, 0.6) is 0 Å². The van der Waals surface area contributed by atoms with Crippen LogP contribution in [-0.4, -0.2) is 37.0 Å². The van der Waals surface area contributed by atoms with Crippen LogP contribution < -0.4 is 11.1 Å². The van der Waals surface area contributed by atoms with E-state index in [2.05, 4.69) is 10.2 Å². The molecule has 0 spiro atoms. The fourth-order valence-corrected chi connectivity index (χ4v) is 2.70.